The van der Waals surface area contributed by atoms with Gasteiger partial charge < -0.3 is 0 Å². The Morgan fingerprint density at radius 2 is 1.68 bits per heavy atom. The van der Waals surface area contributed by atoms with E-state index in [2.05, 4.69) is 6.92 Å². The number of carbonyl (C=O) groups excluding carboxylic acids is 1. The van der Waals surface area contributed by atoms with E-state index in [-0.39, 0.29) is 5.78 Å². The molecule has 3 heteroatoms. The molecule has 0 amide bonds. The van der Waals surface area contributed by atoms with E-state index >= 15 is 0 Å². The number of thioether (sulfide) groups is 1. The van der Waals surface area contributed by atoms with Crippen LogP contribution in [0.25, 0.3) is 0 Å². The Kier molecular flexibility index (Phi) is 5.06. The first-order valence-corrected chi connectivity index (χ1v) is 7.56. The Morgan fingerprint density at radius 3 is 2.26 bits per heavy atom. The zero-order valence-electron chi connectivity index (χ0n) is 10.7. The lowest BCUT2D eigenvalue weighted by atomic mass is 10.1. The van der Waals surface area contributed by atoms with Crippen LogP contribution in [0.4, 0.5) is 0 Å². The molecule has 0 atom stereocenters. The lowest BCUT2D eigenvalue weighted by molar-refractivity contribution is 0.102. The SMILES string of the molecule is CCc1ccc(C(=O)CSc2ccc(Cl)cc2)cc1. The Bertz CT molecular complexity index is 546. The molecule has 1 nitrogen and oxygen atoms in total. The van der Waals surface area contributed by atoms with Gasteiger partial charge in [0.1, 0.15) is 0 Å². The monoisotopic (exact) mass is 290 g/mol. The first-order valence-electron chi connectivity index (χ1n) is 6.19. The van der Waals surface area contributed by atoms with Gasteiger partial charge in [-0.25, -0.2) is 0 Å². The summed E-state index contributed by atoms with van der Waals surface area (Å²) < 4.78 is 0. The third-order valence-electron chi connectivity index (χ3n) is 2.87. The van der Waals surface area contributed by atoms with Gasteiger partial charge in [0, 0.05) is 15.5 Å². The van der Waals surface area contributed by atoms with Crippen LogP contribution in [0.5, 0.6) is 0 Å². The summed E-state index contributed by atoms with van der Waals surface area (Å²) >= 11 is 7.36. The summed E-state index contributed by atoms with van der Waals surface area (Å²) in [5, 5.41) is 0.714. The first kappa shape index (κ1) is 14.2. The predicted octanol–water partition coefficient (Wildman–Crippen LogP) is 4.88. The van der Waals surface area contributed by atoms with Crippen LogP contribution in [0.3, 0.4) is 0 Å². The van der Waals surface area contributed by atoms with Gasteiger partial charge in [0.05, 0.1) is 5.75 Å². The minimum atomic E-state index is 0.155. The second-order valence-corrected chi connectivity index (χ2v) is 5.70. The van der Waals surface area contributed by atoms with Gasteiger partial charge in [-0.05, 0) is 36.2 Å². The van der Waals surface area contributed by atoms with E-state index in [4.69, 9.17) is 11.6 Å². The standard InChI is InChI=1S/C16H15ClOS/c1-2-12-3-5-13(6-4-12)16(18)11-19-15-9-7-14(17)8-10-15/h3-10H,2,11H2,1H3. The maximum Gasteiger partial charge on any atom is 0.173 e. The first-order chi connectivity index (χ1) is 9.19. The van der Waals surface area contributed by atoms with E-state index in [1.807, 2.05) is 48.5 Å². The number of aryl methyl sites for hydroxylation is 1. The zero-order valence-corrected chi connectivity index (χ0v) is 12.3. The van der Waals surface area contributed by atoms with Crippen LogP contribution in [0.1, 0.15) is 22.8 Å². The maximum absolute atomic E-state index is 12.0. The summed E-state index contributed by atoms with van der Waals surface area (Å²) in [5.74, 6) is 0.607. The molecule has 0 aliphatic rings. The number of ketones is 1. The highest BCUT2D eigenvalue weighted by molar-refractivity contribution is 8.00. The van der Waals surface area contributed by atoms with E-state index in [1.165, 1.54) is 17.3 Å². The summed E-state index contributed by atoms with van der Waals surface area (Å²) in [7, 11) is 0. The van der Waals surface area contributed by atoms with Gasteiger partial charge >= 0.3 is 0 Å². The lowest BCUT2D eigenvalue weighted by Gasteiger charge is -2.03. The molecule has 0 bridgehead atoms. The summed E-state index contributed by atoms with van der Waals surface area (Å²) in [5.41, 5.74) is 2.03. The van der Waals surface area contributed by atoms with Gasteiger partial charge in [0.25, 0.3) is 0 Å². The summed E-state index contributed by atoms with van der Waals surface area (Å²) in [6.45, 7) is 2.10. The lowest BCUT2D eigenvalue weighted by Crippen LogP contribution is -2.02. The van der Waals surface area contributed by atoms with Crippen LogP contribution >= 0.6 is 23.4 Å². The average molecular weight is 291 g/mol. The number of hydrogen-bond acceptors (Lipinski definition) is 2. The minimum Gasteiger partial charge on any atom is -0.293 e. The number of hydrogen-bond donors (Lipinski definition) is 0. The van der Waals surface area contributed by atoms with Crippen molar-refractivity contribution >= 4 is 29.1 Å². The van der Waals surface area contributed by atoms with Crippen molar-refractivity contribution in [3.8, 4) is 0 Å². The fourth-order valence-electron chi connectivity index (χ4n) is 1.69. The van der Waals surface area contributed by atoms with Crippen molar-refractivity contribution in [1.82, 2.24) is 0 Å². The number of halogens is 1. The molecule has 0 aliphatic heterocycles. The predicted molar refractivity (Wildman–Crippen MR) is 82.3 cm³/mol. The van der Waals surface area contributed by atoms with Crippen molar-refractivity contribution < 1.29 is 4.79 Å². The highest BCUT2D eigenvalue weighted by Gasteiger charge is 2.06. The van der Waals surface area contributed by atoms with Gasteiger partial charge in [0.15, 0.2) is 5.78 Å². The third kappa shape index (κ3) is 4.12. The van der Waals surface area contributed by atoms with Gasteiger partial charge in [-0.15, -0.1) is 11.8 Å². The van der Waals surface area contributed by atoms with E-state index in [0.29, 0.717) is 10.8 Å². The van der Waals surface area contributed by atoms with Gasteiger partial charge in [-0.2, -0.15) is 0 Å². The van der Waals surface area contributed by atoms with Gasteiger partial charge in [-0.3, -0.25) is 4.79 Å². The van der Waals surface area contributed by atoms with Crippen molar-refractivity contribution in [2.24, 2.45) is 0 Å². The van der Waals surface area contributed by atoms with E-state index in [9.17, 15) is 4.79 Å². The molecule has 2 rings (SSSR count). The van der Waals surface area contributed by atoms with Gasteiger partial charge in [-0.1, -0.05) is 42.8 Å². The fraction of sp³-hybridized carbons (Fsp3) is 0.188. The van der Waals surface area contributed by atoms with Crippen LogP contribution in [0.2, 0.25) is 5.02 Å². The number of rotatable bonds is 5. The highest BCUT2D eigenvalue weighted by atomic mass is 35.5. The molecule has 0 saturated heterocycles. The molecule has 0 spiro atoms. The molecule has 19 heavy (non-hydrogen) atoms. The van der Waals surface area contributed by atoms with Crippen molar-refractivity contribution in [1.29, 1.82) is 0 Å². The molecule has 0 saturated carbocycles. The molecule has 0 unspecified atom stereocenters. The largest absolute Gasteiger partial charge is 0.293 e. The second-order valence-electron chi connectivity index (χ2n) is 4.22. The summed E-state index contributed by atoms with van der Waals surface area (Å²) in [6, 6.07) is 15.4. The Labute approximate surface area is 123 Å². The van der Waals surface area contributed by atoms with Crippen molar-refractivity contribution in [3.63, 3.8) is 0 Å². The number of carbonyl (C=O) groups is 1. The smallest absolute Gasteiger partial charge is 0.173 e. The Hall–Kier alpha value is -1.25. The molecule has 98 valence electrons. The average Bonchev–Trinajstić information content (AvgIpc) is 2.46. The van der Waals surface area contributed by atoms with Crippen molar-refractivity contribution in [2.75, 3.05) is 5.75 Å². The molecule has 0 radical (unpaired) electrons. The molecule has 0 aliphatic carbocycles. The van der Waals surface area contributed by atoms with Crippen LogP contribution in [0.15, 0.2) is 53.4 Å². The second kappa shape index (κ2) is 6.78. The summed E-state index contributed by atoms with van der Waals surface area (Å²) in [6.07, 6.45) is 0.994. The van der Waals surface area contributed by atoms with E-state index < -0.39 is 0 Å². The number of benzene rings is 2. The van der Waals surface area contributed by atoms with Gasteiger partial charge in [0.2, 0.25) is 0 Å². The van der Waals surface area contributed by atoms with Crippen molar-refractivity contribution in [2.45, 2.75) is 18.2 Å². The molecular weight excluding hydrogens is 276 g/mol. The molecule has 0 aromatic heterocycles. The Morgan fingerprint density at radius 1 is 1.05 bits per heavy atom. The van der Waals surface area contributed by atoms with Crippen LogP contribution in [0, 0.1) is 0 Å². The minimum absolute atomic E-state index is 0.155. The molecule has 2 aromatic carbocycles. The zero-order chi connectivity index (χ0) is 13.7. The van der Waals surface area contributed by atoms with Crippen LogP contribution in [-0.2, 0) is 6.42 Å². The van der Waals surface area contributed by atoms with Crippen molar-refractivity contribution in [3.05, 3.63) is 64.7 Å². The van der Waals surface area contributed by atoms with Crippen LogP contribution < -0.4 is 0 Å². The van der Waals surface area contributed by atoms with Crippen LogP contribution in [-0.4, -0.2) is 11.5 Å². The number of Topliss-reactive ketones (excluding diaryl/α,β-unsaturated/α-hetero) is 1. The molecule has 2 aromatic rings. The molecule has 0 fully saturated rings. The normalized spacial score (nSPS) is 10.4. The quantitative estimate of drug-likeness (QED) is 0.577. The molecular formula is C16H15ClOS. The molecule has 0 heterocycles. The summed E-state index contributed by atoms with van der Waals surface area (Å²) in [4.78, 5) is 13.1. The Balaban J connectivity index is 1.95. The molecule has 0 N–H and O–H groups in total. The fourth-order valence-corrected chi connectivity index (χ4v) is 2.61. The highest BCUT2D eigenvalue weighted by Crippen LogP contribution is 2.21. The van der Waals surface area contributed by atoms with E-state index in [0.717, 1.165) is 16.9 Å². The third-order valence-corrected chi connectivity index (χ3v) is 4.13. The maximum atomic E-state index is 12.0. The topological polar surface area (TPSA) is 17.1 Å². The van der Waals surface area contributed by atoms with E-state index in [1.54, 1.807) is 0 Å².